The van der Waals surface area contributed by atoms with E-state index in [1.807, 2.05) is 42.5 Å². The molecule has 2 aromatic rings. The fourth-order valence-corrected chi connectivity index (χ4v) is 2.18. The highest BCUT2D eigenvalue weighted by atomic mass is 16.5. The second kappa shape index (κ2) is 9.71. The van der Waals surface area contributed by atoms with E-state index >= 15 is 0 Å². The van der Waals surface area contributed by atoms with Crippen molar-refractivity contribution in [2.75, 3.05) is 7.11 Å². The molecular formula is C21H24O2. The summed E-state index contributed by atoms with van der Waals surface area (Å²) in [6.07, 6.45) is 2.99. The summed E-state index contributed by atoms with van der Waals surface area (Å²) in [5.74, 6) is 7.35. The second-order valence-corrected chi connectivity index (χ2v) is 5.37. The molecule has 0 heterocycles. The number of hydrogen-bond acceptors (Lipinski definition) is 2. The van der Waals surface area contributed by atoms with Crippen molar-refractivity contribution in [3.05, 3.63) is 65.7 Å². The topological polar surface area (TPSA) is 18.5 Å². The first-order valence-electron chi connectivity index (χ1n) is 8.11. The van der Waals surface area contributed by atoms with E-state index in [0.717, 1.165) is 36.1 Å². The van der Waals surface area contributed by atoms with Crippen LogP contribution in [-0.2, 0) is 11.3 Å². The minimum Gasteiger partial charge on any atom is -0.497 e. The van der Waals surface area contributed by atoms with Crippen LogP contribution in [0.2, 0.25) is 0 Å². The van der Waals surface area contributed by atoms with Crippen LogP contribution in [0.4, 0.5) is 0 Å². The highest BCUT2D eigenvalue weighted by Crippen LogP contribution is 2.21. The van der Waals surface area contributed by atoms with Gasteiger partial charge in [-0.3, -0.25) is 0 Å². The Hall–Kier alpha value is -2.24. The predicted molar refractivity (Wildman–Crippen MR) is 94.3 cm³/mol. The van der Waals surface area contributed by atoms with Crippen LogP contribution in [0, 0.1) is 11.8 Å². The van der Waals surface area contributed by atoms with Crippen molar-refractivity contribution in [3.63, 3.8) is 0 Å². The minimum atomic E-state index is -0.210. The molecule has 0 spiro atoms. The van der Waals surface area contributed by atoms with Gasteiger partial charge in [0.25, 0.3) is 0 Å². The smallest absolute Gasteiger partial charge is 0.143 e. The zero-order valence-electron chi connectivity index (χ0n) is 13.9. The summed E-state index contributed by atoms with van der Waals surface area (Å²) in [5, 5.41) is 0. The van der Waals surface area contributed by atoms with Crippen molar-refractivity contribution < 1.29 is 9.47 Å². The van der Waals surface area contributed by atoms with Crippen LogP contribution >= 0.6 is 0 Å². The summed E-state index contributed by atoms with van der Waals surface area (Å²) in [6.45, 7) is 2.73. The lowest BCUT2D eigenvalue weighted by Crippen LogP contribution is -2.02. The van der Waals surface area contributed by atoms with Gasteiger partial charge < -0.3 is 9.47 Å². The largest absolute Gasteiger partial charge is 0.497 e. The van der Waals surface area contributed by atoms with Crippen LogP contribution in [0.5, 0.6) is 5.75 Å². The van der Waals surface area contributed by atoms with Gasteiger partial charge in [0.2, 0.25) is 0 Å². The Bertz CT molecular complexity index is 620. The summed E-state index contributed by atoms with van der Waals surface area (Å²) in [6, 6.07) is 18.1. The van der Waals surface area contributed by atoms with Crippen LogP contribution < -0.4 is 4.74 Å². The Labute approximate surface area is 139 Å². The number of rotatable bonds is 7. The zero-order valence-corrected chi connectivity index (χ0v) is 13.9. The van der Waals surface area contributed by atoms with Crippen molar-refractivity contribution in [3.8, 4) is 17.6 Å². The van der Waals surface area contributed by atoms with Gasteiger partial charge in [0.15, 0.2) is 0 Å². The fraction of sp³-hybridized carbons (Fsp3) is 0.333. The van der Waals surface area contributed by atoms with Gasteiger partial charge in [-0.25, -0.2) is 0 Å². The highest BCUT2D eigenvalue weighted by molar-refractivity contribution is 5.32. The molecule has 0 saturated heterocycles. The molecule has 0 aromatic heterocycles. The van der Waals surface area contributed by atoms with Crippen LogP contribution in [0.1, 0.15) is 43.4 Å². The highest BCUT2D eigenvalue weighted by Gasteiger charge is 2.09. The molecule has 0 saturated carbocycles. The third kappa shape index (κ3) is 5.81. The lowest BCUT2D eigenvalue weighted by molar-refractivity contribution is 0.0780. The summed E-state index contributed by atoms with van der Waals surface area (Å²) < 4.78 is 11.3. The first kappa shape index (κ1) is 17.1. The summed E-state index contributed by atoms with van der Waals surface area (Å²) >= 11 is 0. The predicted octanol–water partition coefficient (Wildman–Crippen LogP) is 5.15. The molecule has 0 aliphatic rings. The molecule has 2 aromatic carbocycles. The van der Waals surface area contributed by atoms with E-state index < -0.39 is 0 Å². The summed E-state index contributed by atoms with van der Waals surface area (Å²) in [5.41, 5.74) is 2.21. The van der Waals surface area contributed by atoms with Gasteiger partial charge in [-0.2, -0.15) is 0 Å². The molecule has 23 heavy (non-hydrogen) atoms. The first-order chi connectivity index (χ1) is 11.3. The third-order valence-corrected chi connectivity index (χ3v) is 3.57. The Kier molecular flexibility index (Phi) is 7.23. The summed E-state index contributed by atoms with van der Waals surface area (Å²) in [4.78, 5) is 0. The molecule has 0 amide bonds. The van der Waals surface area contributed by atoms with E-state index in [1.165, 1.54) is 0 Å². The number of unbranched alkanes of at least 4 members (excludes halogenated alkanes) is 2. The molecule has 0 bridgehead atoms. The molecule has 2 rings (SSSR count). The Morgan fingerprint density at radius 2 is 1.74 bits per heavy atom. The van der Waals surface area contributed by atoms with Gasteiger partial charge in [0.1, 0.15) is 11.9 Å². The van der Waals surface area contributed by atoms with Crippen molar-refractivity contribution in [1.29, 1.82) is 0 Å². The lowest BCUT2D eigenvalue weighted by atomic mass is 10.1. The van der Waals surface area contributed by atoms with Gasteiger partial charge in [0.05, 0.1) is 13.7 Å². The average molecular weight is 308 g/mol. The van der Waals surface area contributed by atoms with Crippen molar-refractivity contribution in [1.82, 2.24) is 0 Å². The quantitative estimate of drug-likeness (QED) is 0.520. The maximum atomic E-state index is 6.05. The van der Waals surface area contributed by atoms with Gasteiger partial charge in [-0.05, 0) is 29.7 Å². The van der Waals surface area contributed by atoms with E-state index in [0.29, 0.717) is 6.61 Å². The lowest BCUT2D eigenvalue weighted by Gasteiger charge is -2.13. The van der Waals surface area contributed by atoms with Gasteiger partial charge in [-0.15, -0.1) is 5.92 Å². The standard InChI is InChI=1S/C21H24O2/c1-3-4-5-9-12-21(19-13-15-20(22-2)16-14-19)23-17-18-10-7-6-8-11-18/h6-8,10-11,13-16,21H,3-5,17H2,1-2H3. The third-order valence-electron chi connectivity index (χ3n) is 3.57. The molecule has 1 unspecified atom stereocenters. The van der Waals surface area contributed by atoms with Gasteiger partial charge in [-0.1, -0.05) is 61.7 Å². The number of benzene rings is 2. The van der Waals surface area contributed by atoms with E-state index in [1.54, 1.807) is 7.11 Å². The molecule has 2 heteroatoms. The van der Waals surface area contributed by atoms with Gasteiger partial charge in [0, 0.05) is 6.42 Å². The number of methoxy groups -OCH3 is 1. The van der Waals surface area contributed by atoms with E-state index in [4.69, 9.17) is 9.47 Å². The zero-order chi connectivity index (χ0) is 16.3. The number of ether oxygens (including phenoxy) is 2. The van der Waals surface area contributed by atoms with E-state index in [-0.39, 0.29) is 6.10 Å². The molecule has 0 aliphatic heterocycles. The van der Waals surface area contributed by atoms with Crippen molar-refractivity contribution in [2.24, 2.45) is 0 Å². The Morgan fingerprint density at radius 1 is 1.00 bits per heavy atom. The fourth-order valence-electron chi connectivity index (χ4n) is 2.18. The molecule has 0 radical (unpaired) electrons. The summed E-state index contributed by atoms with van der Waals surface area (Å²) in [7, 11) is 1.67. The SMILES string of the molecule is CCCCC#CC(OCc1ccccc1)c1ccc(OC)cc1. The monoisotopic (exact) mass is 308 g/mol. The Morgan fingerprint density at radius 3 is 2.39 bits per heavy atom. The molecule has 1 atom stereocenters. The molecule has 2 nitrogen and oxygen atoms in total. The normalized spacial score (nSPS) is 11.4. The van der Waals surface area contributed by atoms with Crippen molar-refractivity contribution >= 4 is 0 Å². The molecular weight excluding hydrogens is 284 g/mol. The first-order valence-corrected chi connectivity index (χ1v) is 8.11. The molecule has 120 valence electrons. The van der Waals surface area contributed by atoms with Crippen LogP contribution in [0.25, 0.3) is 0 Å². The van der Waals surface area contributed by atoms with E-state index in [9.17, 15) is 0 Å². The van der Waals surface area contributed by atoms with Crippen LogP contribution in [0.15, 0.2) is 54.6 Å². The number of hydrogen-bond donors (Lipinski definition) is 0. The maximum Gasteiger partial charge on any atom is 0.143 e. The van der Waals surface area contributed by atoms with Crippen LogP contribution in [-0.4, -0.2) is 7.11 Å². The Balaban J connectivity index is 2.07. The van der Waals surface area contributed by atoms with Gasteiger partial charge >= 0.3 is 0 Å². The molecule has 0 N–H and O–H groups in total. The van der Waals surface area contributed by atoms with Crippen LogP contribution in [0.3, 0.4) is 0 Å². The molecule has 0 aliphatic carbocycles. The molecule has 0 fully saturated rings. The van der Waals surface area contributed by atoms with Crippen molar-refractivity contribution in [2.45, 2.75) is 38.9 Å². The minimum absolute atomic E-state index is 0.210. The maximum absolute atomic E-state index is 6.05. The second-order valence-electron chi connectivity index (χ2n) is 5.37. The van der Waals surface area contributed by atoms with E-state index in [2.05, 4.69) is 30.9 Å². The average Bonchev–Trinajstić information content (AvgIpc) is 2.62.